The third kappa shape index (κ3) is 11.3. The van der Waals surface area contributed by atoms with Crippen molar-refractivity contribution in [1.29, 1.82) is 0 Å². The first-order chi connectivity index (χ1) is 31.0. The van der Waals surface area contributed by atoms with Gasteiger partial charge in [0.05, 0.1) is 5.69 Å². The number of urea groups is 2. The molecule has 328 valence electrons. The number of isocyanates is 1. The first kappa shape index (κ1) is 42.8. The van der Waals surface area contributed by atoms with Crippen molar-refractivity contribution < 1.29 is 72.7 Å². The number of nitrogens with zero attached hydrogens (tertiary/aromatic N) is 1. The topological polar surface area (TPSA) is 292 Å². The molecular formula is C43H36N6O15. The van der Waals surface area contributed by atoms with E-state index in [1.54, 1.807) is 72.8 Å². The molecule has 0 aromatic heterocycles. The molecular weight excluding hydrogens is 840 g/mol. The molecule has 10 rings (SSSR count). The van der Waals surface area contributed by atoms with Crippen LogP contribution in [0.2, 0.25) is 0 Å². The molecule has 6 aromatic carbocycles. The molecule has 0 bridgehead atoms. The molecule has 10 N–H and O–H groups in total. The molecule has 0 atom stereocenters. The number of nitrogens with two attached hydrogens (primary N) is 1. The number of phenols is 4. The molecule has 4 amide bonds. The van der Waals surface area contributed by atoms with E-state index in [1.165, 1.54) is 42.5 Å². The summed E-state index contributed by atoms with van der Waals surface area (Å²) in [7, 11) is 0. The average molecular weight is 877 g/mol. The Morgan fingerprint density at radius 2 is 0.781 bits per heavy atom. The van der Waals surface area contributed by atoms with Gasteiger partial charge in [-0.25, -0.2) is 14.4 Å². The van der Waals surface area contributed by atoms with Crippen LogP contribution in [-0.4, -0.2) is 65.7 Å². The molecule has 64 heavy (non-hydrogen) atoms. The maximum Gasteiger partial charge on any atom is 0.323 e. The Kier molecular flexibility index (Phi) is 13.2. The van der Waals surface area contributed by atoms with E-state index in [9.17, 15) is 24.6 Å². The Balaban J connectivity index is 0.000000134. The van der Waals surface area contributed by atoms with Crippen molar-refractivity contribution in [3.63, 3.8) is 0 Å². The van der Waals surface area contributed by atoms with Crippen molar-refractivity contribution in [3.05, 3.63) is 109 Å². The molecule has 21 nitrogen and oxygen atoms in total. The van der Waals surface area contributed by atoms with E-state index in [2.05, 4.69) is 26.3 Å². The largest absolute Gasteiger partial charge is 0.504 e. The predicted molar refractivity (Wildman–Crippen MR) is 227 cm³/mol. The fourth-order valence-electron chi connectivity index (χ4n) is 5.66. The highest BCUT2D eigenvalue weighted by atomic mass is 16.7. The summed E-state index contributed by atoms with van der Waals surface area (Å²) < 4.78 is 41.3. The van der Waals surface area contributed by atoms with Gasteiger partial charge in [-0.05, 0) is 72.8 Å². The second-order valence-corrected chi connectivity index (χ2v) is 13.1. The molecule has 4 aliphatic heterocycles. The number of ether oxygens (including phenoxy) is 8. The Labute approximate surface area is 361 Å². The lowest BCUT2D eigenvalue weighted by Gasteiger charge is -2.09. The summed E-state index contributed by atoms with van der Waals surface area (Å²) in [6, 6.07) is 27.4. The summed E-state index contributed by atoms with van der Waals surface area (Å²) in [5, 5.41) is 47.2. The minimum atomic E-state index is -0.611. The highest BCUT2D eigenvalue weighted by Gasteiger charge is 2.17. The lowest BCUT2D eigenvalue weighted by atomic mass is 10.2. The number of hydrogen-bond donors (Lipinski definition) is 9. The van der Waals surface area contributed by atoms with Crippen LogP contribution >= 0.6 is 0 Å². The normalized spacial score (nSPS) is 12.3. The number of fused-ring (bicyclic) bond motifs is 4. The van der Waals surface area contributed by atoms with E-state index in [4.69, 9.17) is 53.8 Å². The first-order valence-electron chi connectivity index (χ1n) is 18.6. The number of hydrogen-bond acceptors (Lipinski definition) is 17. The predicted octanol–water partition coefficient (Wildman–Crippen LogP) is 7.32. The minimum Gasteiger partial charge on any atom is -0.504 e. The number of rotatable bonds is 5. The van der Waals surface area contributed by atoms with E-state index in [1.807, 2.05) is 0 Å². The molecule has 4 aliphatic rings. The number of anilines is 5. The van der Waals surface area contributed by atoms with Gasteiger partial charge in [0.2, 0.25) is 33.3 Å². The highest BCUT2D eigenvalue weighted by Crippen LogP contribution is 2.37. The number of benzene rings is 6. The number of amides is 4. The zero-order valence-corrected chi connectivity index (χ0v) is 33.0. The smallest absolute Gasteiger partial charge is 0.323 e. The minimum absolute atomic E-state index is 0.197. The summed E-state index contributed by atoms with van der Waals surface area (Å²) in [5.74, 6) is 4.07. The Hall–Kier alpha value is -9.36. The quantitative estimate of drug-likeness (QED) is 0.0269. The molecule has 0 radical (unpaired) electrons. The van der Waals surface area contributed by atoms with Gasteiger partial charge in [-0.15, -0.1) is 0 Å². The monoisotopic (exact) mass is 876 g/mol. The summed E-state index contributed by atoms with van der Waals surface area (Å²) in [4.78, 5) is 37.0. The van der Waals surface area contributed by atoms with Crippen LogP contribution in [0.4, 0.5) is 43.7 Å². The Morgan fingerprint density at radius 3 is 1.20 bits per heavy atom. The Morgan fingerprint density at radius 1 is 0.438 bits per heavy atom. The van der Waals surface area contributed by atoms with Crippen molar-refractivity contribution in [2.75, 3.05) is 54.2 Å². The second-order valence-electron chi connectivity index (χ2n) is 13.1. The maximum absolute atomic E-state index is 12.0. The summed E-state index contributed by atoms with van der Waals surface area (Å²) in [6.07, 6.45) is 1.45. The highest BCUT2D eigenvalue weighted by molar-refractivity contribution is 6.01. The van der Waals surface area contributed by atoms with Crippen LogP contribution in [0.3, 0.4) is 0 Å². The second kappa shape index (κ2) is 19.8. The molecule has 21 heteroatoms. The molecule has 0 unspecified atom stereocenters. The first-order valence-corrected chi connectivity index (χ1v) is 18.6. The fourth-order valence-corrected chi connectivity index (χ4v) is 5.66. The lowest BCUT2D eigenvalue weighted by Crippen LogP contribution is -2.19. The number of carbonyl (C=O) groups excluding carboxylic acids is 3. The molecule has 0 saturated heterocycles. The Bertz CT molecular complexity index is 2610. The fraction of sp³-hybridized carbons (Fsp3) is 0.0930. The van der Waals surface area contributed by atoms with Gasteiger partial charge in [-0.1, -0.05) is 0 Å². The summed E-state index contributed by atoms with van der Waals surface area (Å²) >= 11 is 0. The van der Waals surface area contributed by atoms with E-state index >= 15 is 0 Å². The standard InChI is InChI=1S/C15H12N2O5.C13H12N2O5.C8H5NO3.C7H7NO2/c18-15(16-9-1-3-11-13(5-9)21-7-19-11)17-10-2-4-12-14(6-10)22-8-20-12;16-9-3-1-7(5-11(9)18)14-13(20)15-8-2-4-10(17)12(19)6-8;10-4-9-6-1-2-7-8(3-6)12-5-11-7;8-5-1-2-6-7(3-5)10-4-9-6/h1-6H,7-8H2,(H2,16,17,18);1-6,16-19H,(H2,14,15,20);1-3H,5H2;1-3H,4,8H2. The SMILES string of the molecule is Nc1ccc2c(c1)OCO2.O=C(Nc1ccc(O)c(O)c1)Nc1ccc(O)c(O)c1.O=C(Nc1ccc2c(c1)OCO2)Nc1ccc2c(c1)OCO2.O=C=Nc1ccc2c(c1)OCO2. The maximum atomic E-state index is 12.0. The lowest BCUT2D eigenvalue weighted by molar-refractivity contribution is 0.173. The molecule has 0 spiro atoms. The molecule has 6 aromatic rings. The van der Waals surface area contributed by atoms with Gasteiger partial charge in [0.15, 0.2) is 69.0 Å². The number of nitrogen functional groups attached to an aromatic ring is 1. The van der Waals surface area contributed by atoms with Crippen molar-refractivity contribution in [2.45, 2.75) is 0 Å². The van der Waals surface area contributed by atoms with Crippen LogP contribution in [0.1, 0.15) is 0 Å². The number of aliphatic imine (C=N–C) groups is 1. The number of aromatic hydroxyl groups is 4. The van der Waals surface area contributed by atoms with E-state index in [-0.39, 0.29) is 60.8 Å². The van der Waals surface area contributed by atoms with Crippen LogP contribution in [0.25, 0.3) is 0 Å². The van der Waals surface area contributed by atoms with Crippen molar-refractivity contribution in [2.24, 2.45) is 4.99 Å². The third-order valence-electron chi connectivity index (χ3n) is 8.65. The van der Waals surface area contributed by atoms with Crippen LogP contribution < -0.4 is 64.9 Å². The zero-order valence-electron chi connectivity index (χ0n) is 33.0. The van der Waals surface area contributed by atoms with Gasteiger partial charge in [0.1, 0.15) is 0 Å². The van der Waals surface area contributed by atoms with Crippen LogP contribution in [0, 0.1) is 0 Å². The van der Waals surface area contributed by atoms with Crippen molar-refractivity contribution in [1.82, 2.24) is 0 Å². The summed E-state index contributed by atoms with van der Waals surface area (Å²) in [5.41, 5.74) is 8.50. The number of nitrogens with one attached hydrogen (secondary N) is 4. The van der Waals surface area contributed by atoms with E-state index < -0.39 is 6.03 Å². The number of phenolic OH excluding ortho intramolecular Hbond substituents is 4. The van der Waals surface area contributed by atoms with Crippen LogP contribution in [-0.2, 0) is 4.79 Å². The van der Waals surface area contributed by atoms with Gasteiger partial charge in [0, 0.05) is 64.8 Å². The molecule has 4 heterocycles. The summed E-state index contributed by atoms with van der Waals surface area (Å²) in [6.45, 7) is 0.923. The van der Waals surface area contributed by atoms with Gasteiger partial charge < -0.3 is 85.3 Å². The van der Waals surface area contributed by atoms with Gasteiger partial charge >= 0.3 is 12.1 Å². The van der Waals surface area contributed by atoms with Gasteiger partial charge in [-0.3, -0.25) is 0 Å². The van der Waals surface area contributed by atoms with Crippen LogP contribution in [0.15, 0.2) is 114 Å². The average Bonchev–Trinajstić information content (AvgIpc) is 4.12. The third-order valence-corrected chi connectivity index (χ3v) is 8.65. The van der Waals surface area contributed by atoms with Crippen LogP contribution in [0.5, 0.6) is 69.0 Å². The van der Waals surface area contributed by atoms with E-state index in [0.29, 0.717) is 64.0 Å². The van der Waals surface area contributed by atoms with Gasteiger partial charge in [-0.2, -0.15) is 4.99 Å². The van der Waals surface area contributed by atoms with Gasteiger partial charge in [0.25, 0.3) is 0 Å². The van der Waals surface area contributed by atoms with E-state index in [0.717, 1.165) is 11.5 Å². The molecule has 0 aliphatic carbocycles. The molecule has 0 saturated carbocycles. The number of carbonyl (C=O) groups is 2. The van der Waals surface area contributed by atoms with Crippen molar-refractivity contribution >= 4 is 52.3 Å². The molecule has 0 fully saturated rings. The van der Waals surface area contributed by atoms with Crippen molar-refractivity contribution in [3.8, 4) is 69.0 Å². The zero-order chi connectivity index (χ0) is 45.0.